The summed E-state index contributed by atoms with van der Waals surface area (Å²) < 4.78 is 12.8. The highest BCUT2D eigenvalue weighted by molar-refractivity contribution is 5.93. The van der Waals surface area contributed by atoms with E-state index in [2.05, 4.69) is 21.3 Å². The second-order valence-electron chi connectivity index (χ2n) is 13.6. The smallest absolute Gasteiger partial charge is 0.343 e. The summed E-state index contributed by atoms with van der Waals surface area (Å²) in [7, 11) is 0. The molecule has 2 aliphatic heterocycles. The second-order valence-corrected chi connectivity index (χ2v) is 13.6. The number of hydrogen-bond acceptors (Lipinski definition) is 11. The summed E-state index contributed by atoms with van der Waals surface area (Å²) in [5.74, 6) is -2.23. The van der Waals surface area contributed by atoms with Crippen LogP contribution >= 0.6 is 0 Å². The number of rotatable bonds is 16. The number of aliphatic hydroxyl groups is 1. The van der Waals surface area contributed by atoms with E-state index in [1.807, 2.05) is 49.4 Å². The normalized spacial score (nSPS) is 15.8. The molecule has 2 aliphatic rings. The third-order valence-electron chi connectivity index (χ3n) is 10.0. The van der Waals surface area contributed by atoms with Crippen molar-refractivity contribution >= 4 is 40.5 Å². The van der Waals surface area contributed by atoms with Gasteiger partial charge in [-0.3, -0.25) is 24.0 Å². The SMILES string of the molecule is CCc1c2c(nc3ccc(OCCCNC(=O)CNC(=O)[C@H](Cc4ccccc4)NC(=O)CNC(=O)CN)cc13)-c1cc3c(c(=O)n1C2)COC(=O)[C@]3(O)CC. The van der Waals surface area contributed by atoms with Crippen LogP contribution in [0.2, 0.25) is 0 Å². The monoisotopic (exact) mass is 767 g/mol. The molecule has 6 rings (SSSR count). The molecular weight excluding hydrogens is 722 g/mol. The quantitative estimate of drug-likeness (QED) is 0.0596. The predicted molar refractivity (Wildman–Crippen MR) is 204 cm³/mol. The van der Waals surface area contributed by atoms with Crippen molar-refractivity contribution in [3.05, 3.63) is 92.8 Å². The molecule has 0 unspecified atom stereocenters. The molecule has 16 heteroatoms. The number of esters is 1. The Hall–Kier alpha value is -6.13. The van der Waals surface area contributed by atoms with E-state index in [4.69, 9.17) is 20.2 Å². The van der Waals surface area contributed by atoms with Crippen LogP contribution in [-0.2, 0) is 60.3 Å². The number of hydrogen-bond donors (Lipinski definition) is 6. The Morgan fingerprint density at radius 3 is 2.48 bits per heavy atom. The molecule has 0 aliphatic carbocycles. The van der Waals surface area contributed by atoms with Gasteiger partial charge in [0.2, 0.25) is 23.6 Å². The van der Waals surface area contributed by atoms with Gasteiger partial charge in [0.25, 0.3) is 5.56 Å². The minimum Gasteiger partial charge on any atom is -0.494 e. The zero-order chi connectivity index (χ0) is 40.0. The molecule has 2 atom stereocenters. The first-order valence-corrected chi connectivity index (χ1v) is 18.6. The summed E-state index contributed by atoms with van der Waals surface area (Å²) in [6.45, 7) is 3.44. The Bertz CT molecular complexity index is 2240. The van der Waals surface area contributed by atoms with E-state index in [1.54, 1.807) is 23.6 Å². The maximum Gasteiger partial charge on any atom is 0.343 e. The van der Waals surface area contributed by atoms with E-state index in [9.17, 15) is 33.9 Å². The van der Waals surface area contributed by atoms with Crippen molar-refractivity contribution in [3.8, 4) is 17.1 Å². The van der Waals surface area contributed by atoms with E-state index in [0.29, 0.717) is 42.0 Å². The molecule has 16 nitrogen and oxygen atoms in total. The van der Waals surface area contributed by atoms with Crippen LogP contribution in [0.1, 0.15) is 54.5 Å². The van der Waals surface area contributed by atoms with Gasteiger partial charge < -0.3 is 46.1 Å². The van der Waals surface area contributed by atoms with Gasteiger partial charge in [-0.15, -0.1) is 0 Å². The highest BCUT2D eigenvalue weighted by atomic mass is 16.6. The molecule has 294 valence electrons. The van der Waals surface area contributed by atoms with Crippen LogP contribution in [0.4, 0.5) is 0 Å². The van der Waals surface area contributed by atoms with Crippen LogP contribution in [0, 0.1) is 0 Å². The fraction of sp³-hybridized carbons (Fsp3) is 0.375. The third kappa shape index (κ3) is 8.25. The summed E-state index contributed by atoms with van der Waals surface area (Å²) in [6, 6.07) is 15.3. The number of aryl methyl sites for hydroxylation is 1. The fourth-order valence-corrected chi connectivity index (χ4v) is 7.03. The third-order valence-corrected chi connectivity index (χ3v) is 10.0. The second kappa shape index (κ2) is 17.1. The number of benzene rings is 2. The van der Waals surface area contributed by atoms with Crippen molar-refractivity contribution in [2.45, 2.75) is 64.3 Å². The average molecular weight is 768 g/mol. The summed E-state index contributed by atoms with van der Waals surface area (Å²) in [6.07, 6.45) is 1.37. The number of pyridine rings is 2. The molecule has 0 saturated heterocycles. The van der Waals surface area contributed by atoms with Crippen molar-refractivity contribution < 1.29 is 38.6 Å². The lowest BCUT2D eigenvalue weighted by molar-refractivity contribution is -0.172. The minimum atomic E-state index is -1.90. The van der Waals surface area contributed by atoms with Gasteiger partial charge in [-0.05, 0) is 54.7 Å². The number of nitrogens with zero attached hydrogens (tertiary/aromatic N) is 2. The molecule has 7 N–H and O–H groups in total. The van der Waals surface area contributed by atoms with Crippen molar-refractivity contribution in [2.75, 3.05) is 32.8 Å². The lowest BCUT2D eigenvalue weighted by atomic mass is 9.86. The summed E-state index contributed by atoms with van der Waals surface area (Å²) >= 11 is 0. The number of nitrogens with two attached hydrogens (primary N) is 1. The highest BCUT2D eigenvalue weighted by Crippen LogP contribution is 2.40. The summed E-state index contributed by atoms with van der Waals surface area (Å²) in [5.41, 5.74) is 8.17. The van der Waals surface area contributed by atoms with E-state index in [0.717, 1.165) is 22.1 Å². The van der Waals surface area contributed by atoms with E-state index in [-0.39, 0.29) is 68.9 Å². The number of aromatic nitrogens is 2. The molecule has 0 spiro atoms. The van der Waals surface area contributed by atoms with E-state index >= 15 is 0 Å². The van der Waals surface area contributed by atoms with Crippen LogP contribution in [0.25, 0.3) is 22.3 Å². The Kier molecular flexibility index (Phi) is 12.1. The number of nitrogens with one attached hydrogen (secondary N) is 4. The number of amides is 4. The molecular formula is C40H45N7O9. The van der Waals surface area contributed by atoms with Gasteiger partial charge in [-0.25, -0.2) is 9.78 Å². The van der Waals surface area contributed by atoms with Gasteiger partial charge in [0.1, 0.15) is 18.4 Å². The number of fused-ring (bicyclic) bond motifs is 5. The first-order chi connectivity index (χ1) is 27.0. The lowest BCUT2D eigenvalue weighted by Gasteiger charge is -2.31. The molecule has 0 radical (unpaired) electrons. The fourth-order valence-electron chi connectivity index (χ4n) is 7.03. The van der Waals surface area contributed by atoms with Crippen LogP contribution < -0.4 is 37.3 Å². The molecule has 0 bridgehead atoms. The zero-order valence-corrected chi connectivity index (χ0v) is 31.2. The van der Waals surface area contributed by atoms with Crippen molar-refractivity contribution in [3.63, 3.8) is 0 Å². The Morgan fingerprint density at radius 2 is 1.75 bits per heavy atom. The van der Waals surface area contributed by atoms with Gasteiger partial charge in [0.15, 0.2) is 5.60 Å². The van der Waals surface area contributed by atoms with Gasteiger partial charge >= 0.3 is 5.97 Å². The van der Waals surface area contributed by atoms with Crippen molar-refractivity contribution in [1.82, 2.24) is 30.8 Å². The highest BCUT2D eigenvalue weighted by Gasteiger charge is 2.45. The number of carbonyl (C=O) groups is 5. The molecule has 56 heavy (non-hydrogen) atoms. The Balaban J connectivity index is 1.03. The maximum absolute atomic E-state index is 13.6. The first kappa shape index (κ1) is 39.6. The van der Waals surface area contributed by atoms with Gasteiger partial charge in [0.05, 0.1) is 55.3 Å². The van der Waals surface area contributed by atoms with Gasteiger partial charge in [-0.1, -0.05) is 44.2 Å². The molecule has 4 amide bonds. The Morgan fingerprint density at radius 1 is 0.982 bits per heavy atom. The molecule has 4 aromatic rings. The zero-order valence-electron chi connectivity index (χ0n) is 31.2. The van der Waals surface area contributed by atoms with Crippen LogP contribution in [0.5, 0.6) is 5.75 Å². The Labute approximate surface area is 322 Å². The number of cyclic esters (lactones) is 1. The van der Waals surface area contributed by atoms with E-state index in [1.165, 1.54) is 0 Å². The maximum atomic E-state index is 13.6. The molecule has 2 aromatic heterocycles. The van der Waals surface area contributed by atoms with Gasteiger partial charge in [0, 0.05) is 29.5 Å². The molecule has 0 fully saturated rings. The van der Waals surface area contributed by atoms with Crippen molar-refractivity contribution in [1.29, 1.82) is 0 Å². The number of carbonyl (C=O) groups excluding carboxylic acids is 5. The lowest BCUT2D eigenvalue weighted by Crippen LogP contribution is -2.52. The average Bonchev–Trinajstić information content (AvgIpc) is 3.57. The molecule has 2 aromatic carbocycles. The summed E-state index contributed by atoms with van der Waals surface area (Å²) in [5, 5.41) is 22.3. The summed E-state index contributed by atoms with van der Waals surface area (Å²) in [4.78, 5) is 80.5. The first-order valence-electron chi connectivity index (χ1n) is 18.6. The van der Waals surface area contributed by atoms with Crippen LogP contribution in [0.15, 0.2) is 59.4 Å². The topological polar surface area (TPSA) is 233 Å². The van der Waals surface area contributed by atoms with Gasteiger partial charge in [-0.2, -0.15) is 0 Å². The van der Waals surface area contributed by atoms with Crippen LogP contribution in [-0.4, -0.2) is 83.1 Å². The molecule has 0 saturated carbocycles. The standard InChI is InChI=1S/C40H45N7O9/c1-3-25-26-16-24(11-12-30(26)46-36-27(25)21-47-32(36)17-29-28(38(47)52)22-56-39(53)40(29,54)4-2)55-14-8-13-42-34(49)19-44-37(51)31(15-23-9-6-5-7-10-23)45-35(50)20-43-33(48)18-41/h5-7,9-12,16-17,31,54H,3-4,8,13-15,18-22,41H2,1-2H3,(H,42,49)(H,43,48)(H,44,51)(H,45,50)/t31-,40-/m0/s1. The van der Waals surface area contributed by atoms with Crippen LogP contribution in [0.3, 0.4) is 0 Å². The predicted octanol–water partition coefficient (Wildman–Crippen LogP) is 0.446. The van der Waals surface area contributed by atoms with E-state index < -0.39 is 41.2 Å². The minimum absolute atomic E-state index is 0.0621. The molecule has 4 heterocycles. The largest absolute Gasteiger partial charge is 0.494 e. The number of ether oxygens (including phenoxy) is 2. The van der Waals surface area contributed by atoms with Crippen molar-refractivity contribution in [2.24, 2.45) is 5.73 Å².